The van der Waals surface area contributed by atoms with Gasteiger partial charge in [0.05, 0.1) is 17.7 Å². The van der Waals surface area contributed by atoms with E-state index in [1.807, 2.05) is 0 Å². The number of carbonyl (C=O) groups excluding carboxylic acids is 1. The Kier molecular flexibility index (Phi) is 6.92. The molecule has 2 N–H and O–H groups in total. The van der Waals surface area contributed by atoms with Crippen molar-refractivity contribution < 1.29 is 23.0 Å². The number of methoxy groups -OCH3 is 1. The van der Waals surface area contributed by atoms with Crippen molar-refractivity contribution >= 4 is 56.9 Å². The molecule has 0 saturated carbocycles. The maximum atomic E-state index is 12.3. The van der Waals surface area contributed by atoms with Crippen LogP contribution in [0.4, 0.5) is 19.5 Å². The van der Waals surface area contributed by atoms with Gasteiger partial charge in [-0.1, -0.05) is 18.5 Å². The number of ether oxygens (including phenoxy) is 2. The minimum Gasteiger partial charge on any atom is -0.465 e. The second kappa shape index (κ2) is 9.23. The molecule has 0 bridgehead atoms. The summed E-state index contributed by atoms with van der Waals surface area (Å²) in [5.41, 5.74) is 2.02. The molecule has 0 radical (unpaired) electrons. The molecule has 0 saturated heterocycles. The second-order valence-electron chi connectivity index (χ2n) is 6.65. The van der Waals surface area contributed by atoms with Crippen molar-refractivity contribution in [2.45, 2.75) is 32.8 Å². The molecular weight excluding hydrogens is 442 g/mol. The van der Waals surface area contributed by atoms with Gasteiger partial charge >= 0.3 is 12.6 Å². The van der Waals surface area contributed by atoms with Crippen LogP contribution >= 0.6 is 35.2 Å². The van der Waals surface area contributed by atoms with E-state index >= 15 is 0 Å². The molecule has 0 amide bonds. The van der Waals surface area contributed by atoms with E-state index in [1.54, 1.807) is 0 Å². The number of thiophene rings is 1. The van der Waals surface area contributed by atoms with Crippen LogP contribution in [-0.2, 0) is 17.6 Å². The molecule has 3 rings (SSSR count). The first-order chi connectivity index (χ1) is 13.8. The zero-order chi connectivity index (χ0) is 21.1. The summed E-state index contributed by atoms with van der Waals surface area (Å²) in [5, 5.41) is 6.87. The average Bonchev–Trinajstić information content (AvgIpc) is 2.99. The summed E-state index contributed by atoms with van der Waals surface area (Å²) in [7, 11) is 1.35. The third kappa shape index (κ3) is 5.15. The first-order valence-electron chi connectivity index (χ1n) is 8.83. The maximum absolute atomic E-state index is 12.3. The van der Waals surface area contributed by atoms with Gasteiger partial charge in [-0.2, -0.15) is 8.78 Å². The van der Waals surface area contributed by atoms with Crippen molar-refractivity contribution in [1.82, 2.24) is 0 Å². The van der Waals surface area contributed by atoms with Crippen molar-refractivity contribution in [3.63, 3.8) is 0 Å². The molecule has 1 heterocycles. The summed E-state index contributed by atoms with van der Waals surface area (Å²) in [6, 6.07) is 4.26. The number of esters is 1. The van der Waals surface area contributed by atoms with Gasteiger partial charge in [-0.05, 0) is 61.2 Å². The number of alkyl halides is 2. The normalized spacial score (nSPS) is 15.6. The van der Waals surface area contributed by atoms with E-state index in [1.165, 1.54) is 36.6 Å². The molecule has 0 fully saturated rings. The van der Waals surface area contributed by atoms with Crippen molar-refractivity contribution in [3.8, 4) is 5.75 Å². The van der Waals surface area contributed by atoms with Gasteiger partial charge in [0.1, 0.15) is 10.8 Å². The summed E-state index contributed by atoms with van der Waals surface area (Å²) in [5.74, 6) is 0.0266. The van der Waals surface area contributed by atoms with E-state index in [4.69, 9.17) is 28.6 Å². The lowest BCUT2D eigenvalue weighted by Crippen LogP contribution is -2.20. The van der Waals surface area contributed by atoms with E-state index in [0.29, 0.717) is 22.2 Å². The first kappa shape index (κ1) is 21.7. The Morgan fingerprint density at radius 2 is 2.14 bits per heavy atom. The lowest BCUT2D eigenvalue weighted by atomic mass is 9.88. The molecule has 1 aromatic carbocycles. The molecule has 1 aliphatic carbocycles. The fraction of sp³-hybridized carbons (Fsp3) is 0.368. The molecular formula is C19H19ClF2N2O3S2. The number of benzene rings is 1. The SMILES string of the molecule is COC(=O)c1c(NC(=S)Nc2ccc(OC(F)F)c(Cl)c2)sc2c1CCC(C)C2. The highest BCUT2D eigenvalue weighted by molar-refractivity contribution is 7.80. The van der Waals surface area contributed by atoms with Crippen molar-refractivity contribution in [2.24, 2.45) is 5.92 Å². The Hall–Kier alpha value is -1.97. The zero-order valence-electron chi connectivity index (χ0n) is 15.7. The quantitative estimate of drug-likeness (QED) is 0.439. The molecule has 1 atom stereocenters. The van der Waals surface area contributed by atoms with Crippen molar-refractivity contribution in [1.29, 1.82) is 0 Å². The van der Waals surface area contributed by atoms with Crippen LogP contribution in [0.1, 0.15) is 34.1 Å². The molecule has 29 heavy (non-hydrogen) atoms. The molecule has 5 nitrogen and oxygen atoms in total. The van der Waals surface area contributed by atoms with E-state index in [0.717, 1.165) is 29.7 Å². The number of hydrogen-bond acceptors (Lipinski definition) is 5. The minimum atomic E-state index is -2.96. The Bertz CT molecular complexity index is 936. The third-order valence-corrected chi connectivity index (χ3v) is 6.20. The van der Waals surface area contributed by atoms with E-state index in [2.05, 4.69) is 22.3 Å². The zero-order valence-corrected chi connectivity index (χ0v) is 18.1. The summed E-state index contributed by atoms with van der Waals surface area (Å²) >= 11 is 12.8. The number of halogens is 3. The van der Waals surface area contributed by atoms with Gasteiger partial charge in [-0.15, -0.1) is 11.3 Å². The van der Waals surface area contributed by atoms with E-state index < -0.39 is 12.6 Å². The number of carbonyl (C=O) groups is 1. The molecule has 0 aliphatic heterocycles. The van der Waals surface area contributed by atoms with Gasteiger partial charge in [0, 0.05) is 10.6 Å². The number of anilines is 2. The molecule has 10 heteroatoms. The predicted octanol–water partition coefficient (Wildman–Crippen LogP) is 5.72. The van der Waals surface area contributed by atoms with Crippen LogP contribution in [0, 0.1) is 5.92 Å². The summed E-state index contributed by atoms with van der Waals surface area (Å²) in [4.78, 5) is 13.5. The van der Waals surface area contributed by atoms with Crippen molar-refractivity contribution in [3.05, 3.63) is 39.2 Å². The van der Waals surface area contributed by atoms with Gasteiger partial charge in [-0.25, -0.2) is 4.79 Å². The third-order valence-electron chi connectivity index (χ3n) is 4.53. The van der Waals surface area contributed by atoms with Crippen LogP contribution in [0.25, 0.3) is 0 Å². The molecule has 1 aromatic heterocycles. The second-order valence-corrected chi connectivity index (χ2v) is 8.57. The van der Waals surface area contributed by atoms with Crippen molar-refractivity contribution in [2.75, 3.05) is 17.7 Å². The number of nitrogens with one attached hydrogen (secondary N) is 2. The van der Waals surface area contributed by atoms with Crippen LogP contribution in [0.3, 0.4) is 0 Å². The van der Waals surface area contributed by atoms with E-state index in [9.17, 15) is 13.6 Å². The number of fused-ring (bicyclic) bond motifs is 1. The molecule has 156 valence electrons. The van der Waals surface area contributed by atoms with Gasteiger partial charge in [-0.3, -0.25) is 0 Å². The lowest BCUT2D eigenvalue weighted by Gasteiger charge is -2.18. The summed E-state index contributed by atoms with van der Waals surface area (Å²) < 4.78 is 34.0. The highest BCUT2D eigenvalue weighted by atomic mass is 35.5. The summed E-state index contributed by atoms with van der Waals surface area (Å²) in [6.07, 6.45) is 2.75. The fourth-order valence-corrected chi connectivity index (χ4v) is 5.11. The van der Waals surface area contributed by atoms with Gasteiger partial charge in [0.25, 0.3) is 0 Å². The number of hydrogen-bond donors (Lipinski definition) is 2. The predicted molar refractivity (Wildman–Crippen MR) is 115 cm³/mol. The largest absolute Gasteiger partial charge is 0.465 e. The highest BCUT2D eigenvalue weighted by Gasteiger charge is 2.28. The Morgan fingerprint density at radius 1 is 1.38 bits per heavy atom. The van der Waals surface area contributed by atoms with Crippen LogP contribution < -0.4 is 15.4 Å². The Balaban J connectivity index is 1.77. The smallest absolute Gasteiger partial charge is 0.387 e. The molecule has 0 spiro atoms. The Labute approximate surface area is 181 Å². The fourth-order valence-electron chi connectivity index (χ4n) is 3.19. The monoisotopic (exact) mass is 460 g/mol. The average molecular weight is 461 g/mol. The first-order valence-corrected chi connectivity index (χ1v) is 10.4. The van der Waals surface area contributed by atoms with Crippen LogP contribution in [0.2, 0.25) is 5.02 Å². The van der Waals surface area contributed by atoms with Gasteiger partial charge < -0.3 is 20.1 Å². The lowest BCUT2D eigenvalue weighted by molar-refractivity contribution is -0.0497. The number of rotatable bonds is 5. The van der Waals surface area contributed by atoms with Crippen LogP contribution in [0.15, 0.2) is 18.2 Å². The van der Waals surface area contributed by atoms with E-state index in [-0.39, 0.29) is 15.9 Å². The minimum absolute atomic E-state index is 0.0222. The molecule has 2 aromatic rings. The molecule has 1 unspecified atom stereocenters. The number of thiocarbonyl (C=S) groups is 1. The topological polar surface area (TPSA) is 59.6 Å². The van der Waals surface area contributed by atoms with Crippen LogP contribution in [0.5, 0.6) is 5.75 Å². The standard InChI is InChI=1S/C19H19ClF2N2O3S2/c1-9-3-5-11-14(7-9)29-16(15(11)17(25)26-2)24-19(28)23-10-4-6-13(12(20)8-10)27-18(21)22/h4,6,8-9,18H,3,5,7H2,1-2H3,(H2,23,24,28). The maximum Gasteiger partial charge on any atom is 0.387 e. The highest BCUT2D eigenvalue weighted by Crippen LogP contribution is 2.40. The van der Waals surface area contributed by atoms with Crippen LogP contribution in [-0.4, -0.2) is 24.8 Å². The van der Waals surface area contributed by atoms with Gasteiger partial charge in [0.2, 0.25) is 0 Å². The Morgan fingerprint density at radius 3 is 2.79 bits per heavy atom. The molecule has 1 aliphatic rings. The summed E-state index contributed by atoms with van der Waals surface area (Å²) in [6.45, 7) is -0.774. The van der Waals surface area contributed by atoms with Gasteiger partial charge in [0.15, 0.2) is 5.11 Å².